The van der Waals surface area contributed by atoms with Crippen LogP contribution in [-0.2, 0) is 0 Å². The number of rotatable bonds is 6. The van der Waals surface area contributed by atoms with E-state index in [1.807, 2.05) is 24.3 Å². The van der Waals surface area contributed by atoms with Gasteiger partial charge in [-0.25, -0.2) is 9.82 Å². The minimum atomic E-state index is -0.761. The normalized spacial score (nSPS) is 10.6. The molecule has 2 aromatic rings. The van der Waals surface area contributed by atoms with Crippen molar-refractivity contribution < 1.29 is 9.18 Å². The van der Waals surface area contributed by atoms with Crippen molar-refractivity contribution in [2.24, 2.45) is 5.10 Å². The number of hydrogen-bond donors (Lipinski definition) is 1. The average molecular weight is 417 g/mol. The third-order valence-electron chi connectivity index (χ3n) is 3.80. The van der Waals surface area contributed by atoms with Crippen molar-refractivity contribution in [3.63, 3.8) is 0 Å². The fourth-order valence-corrected chi connectivity index (χ4v) is 3.07. The summed E-state index contributed by atoms with van der Waals surface area (Å²) >= 11 is 3.54. The average Bonchev–Trinajstić information content (AvgIpc) is 2.64. The molecular weight excluding hydrogens is 399 g/mol. The highest BCUT2D eigenvalue weighted by molar-refractivity contribution is 9.10. The SMILES string of the molecule is CCN(CC)c1ccc(/C=N\NC(=O)c2ccc(C#N)cc2F)cc1Br. The molecule has 5 nitrogen and oxygen atoms in total. The molecule has 26 heavy (non-hydrogen) atoms. The maximum atomic E-state index is 13.8. The molecule has 7 heteroatoms. The molecule has 0 saturated heterocycles. The van der Waals surface area contributed by atoms with Crippen LogP contribution in [0.15, 0.2) is 46.0 Å². The van der Waals surface area contributed by atoms with Crippen LogP contribution in [0.2, 0.25) is 0 Å². The summed E-state index contributed by atoms with van der Waals surface area (Å²) in [7, 11) is 0. The number of hydrogen-bond acceptors (Lipinski definition) is 4. The van der Waals surface area contributed by atoms with Crippen LogP contribution in [0.4, 0.5) is 10.1 Å². The maximum absolute atomic E-state index is 13.8. The molecule has 2 aromatic carbocycles. The molecule has 0 bridgehead atoms. The molecule has 0 spiro atoms. The van der Waals surface area contributed by atoms with Crippen molar-refractivity contribution in [2.75, 3.05) is 18.0 Å². The molecule has 0 unspecified atom stereocenters. The molecule has 1 N–H and O–H groups in total. The van der Waals surface area contributed by atoms with Crippen LogP contribution in [0.3, 0.4) is 0 Å². The van der Waals surface area contributed by atoms with E-state index in [0.29, 0.717) is 0 Å². The molecule has 0 radical (unpaired) electrons. The summed E-state index contributed by atoms with van der Waals surface area (Å²) in [5.41, 5.74) is 4.14. The Morgan fingerprint density at radius 2 is 2.04 bits per heavy atom. The Kier molecular flexibility index (Phi) is 6.87. The summed E-state index contributed by atoms with van der Waals surface area (Å²) in [5, 5.41) is 12.6. The maximum Gasteiger partial charge on any atom is 0.274 e. The second kappa shape index (κ2) is 9.11. The van der Waals surface area contributed by atoms with Gasteiger partial charge in [-0.1, -0.05) is 6.07 Å². The van der Waals surface area contributed by atoms with Gasteiger partial charge in [0.05, 0.1) is 29.1 Å². The van der Waals surface area contributed by atoms with Gasteiger partial charge in [0.25, 0.3) is 5.91 Å². The summed E-state index contributed by atoms with van der Waals surface area (Å²) in [6, 6.07) is 11.2. The van der Waals surface area contributed by atoms with Gasteiger partial charge in [-0.2, -0.15) is 10.4 Å². The van der Waals surface area contributed by atoms with Crippen molar-refractivity contribution in [3.05, 3.63) is 63.4 Å². The molecule has 0 saturated carbocycles. The van der Waals surface area contributed by atoms with Crippen LogP contribution in [0, 0.1) is 17.1 Å². The van der Waals surface area contributed by atoms with Gasteiger partial charge in [-0.05, 0) is 65.7 Å². The first-order valence-electron chi connectivity index (χ1n) is 8.07. The van der Waals surface area contributed by atoms with Crippen molar-refractivity contribution >= 4 is 33.7 Å². The lowest BCUT2D eigenvalue weighted by Gasteiger charge is -2.22. The van der Waals surface area contributed by atoms with Gasteiger partial charge in [0.15, 0.2) is 0 Å². The predicted octanol–water partition coefficient (Wildman–Crippen LogP) is 4.07. The van der Waals surface area contributed by atoms with Crippen molar-refractivity contribution in [3.8, 4) is 6.07 Å². The Balaban J connectivity index is 2.07. The Morgan fingerprint density at radius 1 is 1.31 bits per heavy atom. The molecule has 1 amide bonds. The van der Waals surface area contributed by atoms with Crippen molar-refractivity contribution in [1.29, 1.82) is 5.26 Å². The number of benzene rings is 2. The zero-order valence-electron chi connectivity index (χ0n) is 14.5. The molecular formula is C19H18BrFN4O. The third-order valence-corrected chi connectivity index (χ3v) is 4.43. The summed E-state index contributed by atoms with van der Waals surface area (Å²) in [6.45, 7) is 5.97. The highest BCUT2D eigenvalue weighted by Gasteiger charge is 2.11. The second-order valence-electron chi connectivity index (χ2n) is 5.39. The monoisotopic (exact) mass is 416 g/mol. The van der Waals surface area contributed by atoms with Gasteiger partial charge in [0.1, 0.15) is 5.82 Å². The Labute approximate surface area is 160 Å². The van der Waals surface area contributed by atoms with Gasteiger partial charge in [-0.15, -0.1) is 0 Å². The molecule has 0 aliphatic rings. The van der Waals surface area contributed by atoms with Crippen molar-refractivity contribution in [1.82, 2.24) is 5.43 Å². The van der Waals surface area contributed by atoms with Crippen molar-refractivity contribution in [2.45, 2.75) is 13.8 Å². The number of hydrazone groups is 1. The van der Waals surface area contributed by atoms with E-state index >= 15 is 0 Å². The van der Waals surface area contributed by atoms with E-state index in [-0.39, 0.29) is 11.1 Å². The molecule has 0 atom stereocenters. The highest BCUT2D eigenvalue weighted by Crippen LogP contribution is 2.26. The minimum absolute atomic E-state index is 0.153. The molecule has 0 heterocycles. The number of nitrogens with zero attached hydrogens (tertiary/aromatic N) is 3. The highest BCUT2D eigenvalue weighted by atomic mass is 79.9. The van der Waals surface area contributed by atoms with Crippen LogP contribution in [0.5, 0.6) is 0 Å². The Morgan fingerprint density at radius 3 is 2.62 bits per heavy atom. The first-order valence-corrected chi connectivity index (χ1v) is 8.87. The lowest BCUT2D eigenvalue weighted by Crippen LogP contribution is -2.22. The first-order chi connectivity index (χ1) is 12.5. The fourth-order valence-electron chi connectivity index (χ4n) is 2.42. The number of carbonyl (C=O) groups excluding carboxylic acids is 1. The Bertz CT molecular complexity index is 872. The minimum Gasteiger partial charge on any atom is -0.371 e. The largest absolute Gasteiger partial charge is 0.371 e. The summed E-state index contributed by atoms with van der Waals surface area (Å²) in [6.07, 6.45) is 1.48. The molecule has 2 rings (SSSR count). The number of amides is 1. The topological polar surface area (TPSA) is 68.5 Å². The Hall–Kier alpha value is -2.72. The number of carbonyl (C=O) groups is 1. The number of nitrogens with one attached hydrogen (secondary N) is 1. The molecule has 0 aliphatic heterocycles. The molecule has 134 valence electrons. The second-order valence-corrected chi connectivity index (χ2v) is 6.24. The molecule has 0 aliphatic carbocycles. The van der Waals surface area contributed by atoms with E-state index in [9.17, 15) is 9.18 Å². The smallest absolute Gasteiger partial charge is 0.274 e. The number of anilines is 1. The first kappa shape index (κ1) is 19.6. The van der Waals surface area contributed by atoms with Crippen LogP contribution >= 0.6 is 15.9 Å². The van der Waals surface area contributed by atoms with Gasteiger partial charge in [0.2, 0.25) is 0 Å². The van der Waals surface area contributed by atoms with E-state index in [1.165, 1.54) is 18.3 Å². The van der Waals surface area contributed by atoms with Crippen LogP contribution in [-0.4, -0.2) is 25.2 Å². The fraction of sp³-hybridized carbons (Fsp3) is 0.211. The number of nitriles is 1. The summed E-state index contributed by atoms with van der Waals surface area (Å²) < 4.78 is 14.7. The van der Waals surface area contributed by atoms with E-state index in [4.69, 9.17) is 5.26 Å². The van der Waals surface area contributed by atoms with Crippen LogP contribution < -0.4 is 10.3 Å². The van der Waals surface area contributed by atoms with Gasteiger partial charge in [0, 0.05) is 17.6 Å². The van der Waals surface area contributed by atoms with Crippen LogP contribution in [0.1, 0.15) is 35.3 Å². The molecule has 0 aromatic heterocycles. The van der Waals surface area contributed by atoms with E-state index in [0.717, 1.165) is 34.9 Å². The third kappa shape index (κ3) is 4.67. The lowest BCUT2D eigenvalue weighted by molar-refractivity contribution is 0.0951. The van der Waals surface area contributed by atoms with Gasteiger partial charge in [-0.3, -0.25) is 4.79 Å². The lowest BCUT2D eigenvalue weighted by atomic mass is 10.1. The zero-order chi connectivity index (χ0) is 19.1. The zero-order valence-corrected chi connectivity index (χ0v) is 16.0. The van der Waals surface area contributed by atoms with E-state index in [1.54, 1.807) is 0 Å². The van der Waals surface area contributed by atoms with E-state index in [2.05, 4.69) is 45.2 Å². The van der Waals surface area contributed by atoms with Crippen LogP contribution in [0.25, 0.3) is 0 Å². The predicted molar refractivity (Wildman–Crippen MR) is 104 cm³/mol. The van der Waals surface area contributed by atoms with Gasteiger partial charge < -0.3 is 4.90 Å². The summed E-state index contributed by atoms with van der Waals surface area (Å²) in [4.78, 5) is 14.2. The number of halogens is 2. The quantitative estimate of drug-likeness (QED) is 0.569. The van der Waals surface area contributed by atoms with E-state index < -0.39 is 11.7 Å². The molecule has 0 fully saturated rings. The standard InChI is InChI=1S/C19H18BrFN4O/c1-3-25(4-2)18-8-6-14(9-16(18)20)12-23-24-19(26)15-7-5-13(11-22)10-17(15)21/h5-10,12H,3-4H2,1-2H3,(H,24,26)/b23-12-. The summed E-state index contributed by atoms with van der Waals surface area (Å²) in [5.74, 6) is -1.44. The van der Waals surface area contributed by atoms with Gasteiger partial charge >= 0.3 is 0 Å².